The maximum atomic E-state index is 14.5. The molecule has 0 saturated heterocycles. The van der Waals surface area contributed by atoms with Gasteiger partial charge in [-0.15, -0.1) is 0 Å². The molecular formula is C35H38ClN3O5S. The standard InChI is InChI=1S/C35H38ClN3O5S/c1-4-26(2)37-35(41)33(23-27-13-7-5-8-14-27)38(24-28-15-11-12-18-32(28)36)34(40)25-39(29-19-21-30(44-3)22-20-29)45(42,43)31-16-9-6-10-17-31/h5-22,26,33H,4,23-25H2,1-3H3,(H,37,41). The summed E-state index contributed by atoms with van der Waals surface area (Å²) in [4.78, 5) is 29.9. The van der Waals surface area contributed by atoms with E-state index in [9.17, 15) is 18.0 Å². The third kappa shape index (κ3) is 8.65. The van der Waals surface area contributed by atoms with Crippen molar-refractivity contribution < 1.29 is 22.7 Å². The molecule has 0 aliphatic carbocycles. The highest BCUT2D eigenvalue weighted by atomic mass is 35.5. The number of rotatable bonds is 14. The molecule has 0 aliphatic heterocycles. The lowest BCUT2D eigenvalue weighted by molar-refractivity contribution is -0.140. The van der Waals surface area contributed by atoms with Crippen LogP contribution in [-0.4, -0.2) is 50.9 Å². The number of carbonyl (C=O) groups is 2. The first-order valence-electron chi connectivity index (χ1n) is 14.7. The molecule has 0 spiro atoms. The zero-order valence-electron chi connectivity index (χ0n) is 25.6. The minimum Gasteiger partial charge on any atom is -0.497 e. The van der Waals surface area contributed by atoms with Crippen molar-refractivity contribution in [3.05, 3.63) is 125 Å². The van der Waals surface area contributed by atoms with Gasteiger partial charge in [-0.05, 0) is 66.9 Å². The first-order valence-corrected chi connectivity index (χ1v) is 16.5. The molecule has 0 bridgehead atoms. The molecule has 1 N–H and O–H groups in total. The number of sulfonamides is 1. The smallest absolute Gasteiger partial charge is 0.264 e. The molecule has 0 aromatic heterocycles. The third-order valence-electron chi connectivity index (χ3n) is 7.54. The molecule has 236 valence electrons. The van der Waals surface area contributed by atoms with E-state index in [1.165, 1.54) is 24.1 Å². The molecule has 10 heteroatoms. The zero-order valence-corrected chi connectivity index (χ0v) is 27.2. The van der Waals surface area contributed by atoms with Gasteiger partial charge in [-0.25, -0.2) is 8.42 Å². The van der Waals surface area contributed by atoms with Crippen LogP contribution in [0.15, 0.2) is 114 Å². The normalized spacial score (nSPS) is 12.5. The van der Waals surface area contributed by atoms with Crippen LogP contribution in [0, 0.1) is 0 Å². The first kappa shape index (κ1) is 33.6. The number of nitrogens with one attached hydrogen (secondary N) is 1. The van der Waals surface area contributed by atoms with E-state index in [1.807, 2.05) is 44.2 Å². The Kier molecular flexibility index (Phi) is 11.6. The van der Waals surface area contributed by atoms with Gasteiger partial charge in [0.25, 0.3) is 10.0 Å². The SMILES string of the molecule is CCC(C)NC(=O)C(Cc1ccccc1)N(Cc1ccccc1Cl)C(=O)CN(c1ccc(OC)cc1)S(=O)(=O)c1ccccc1. The number of nitrogens with zero attached hydrogens (tertiary/aromatic N) is 2. The Morgan fingerprint density at radius 2 is 1.47 bits per heavy atom. The van der Waals surface area contributed by atoms with Gasteiger partial charge in [0, 0.05) is 24.0 Å². The second-order valence-electron chi connectivity index (χ2n) is 10.7. The summed E-state index contributed by atoms with van der Waals surface area (Å²) in [6.45, 7) is 3.29. The molecule has 2 atom stereocenters. The Bertz CT molecular complexity index is 1670. The van der Waals surface area contributed by atoms with Crippen LogP contribution in [0.1, 0.15) is 31.4 Å². The van der Waals surface area contributed by atoms with Gasteiger partial charge in [-0.3, -0.25) is 13.9 Å². The van der Waals surface area contributed by atoms with E-state index >= 15 is 0 Å². The van der Waals surface area contributed by atoms with Gasteiger partial charge in [-0.1, -0.05) is 85.3 Å². The van der Waals surface area contributed by atoms with E-state index in [2.05, 4.69) is 5.32 Å². The van der Waals surface area contributed by atoms with Gasteiger partial charge in [-0.2, -0.15) is 0 Å². The van der Waals surface area contributed by atoms with Crippen LogP contribution in [0.2, 0.25) is 5.02 Å². The highest BCUT2D eigenvalue weighted by Gasteiger charge is 2.35. The van der Waals surface area contributed by atoms with Gasteiger partial charge in [0.15, 0.2) is 0 Å². The van der Waals surface area contributed by atoms with Gasteiger partial charge in [0.05, 0.1) is 17.7 Å². The lowest BCUT2D eigenvalue weighted by Crippen LogP contribution is -2.54. The summed E-state index contributed by atoms with van der Waals surface area (Å²) >= 11 is 6.55. The van der Waals surface area contributed by atoms with Crippen molar-refractivity contribution >= 4 is 39.1 Å². The second kappa shape index (κ2) is 15.6. The molecule has 8 nitrogen and oxygen atoms in total. The Balaban J connectivity index is 1.81. The van der Waals surface area contributed by atoms with E-state index < -0.39 is 28.5 Å². The minimum atomic E-state index is -4.19. The molecular weight excluding hydrogens is 610 g/mol. The third-order valence-corrected chi connectivity index (χ3v) is 9.70. The van der Waals surface area contributed by atoms with Crippen LogP contribution >= 0.6 is 11.6 Å². The molecule has 0 fully saturated rings. The average Bonchev–Trinajstić information content (AvgIpc) is 3.06. The summed E-state index contributed by atoms with van der Waals surface area (Å²) in [7, 11) is -2.68. The van der Waals surface area contributed by atoms with Gasteiger partial charge in [0.2, 0.25) is 11.8 Å². The second-order valence-corrected chi connectivity index (χ2v) is 12.9. The molecule has 2 unspecified atom stereocenters. The van der Waals surface area contributed by atoms with Crippen LogP contribution < -0.4 is 14.4 Å². The average molecular weight is 648 g/mol. The van der Waals surface area contributed by atoms with Crippen molar-refractivity contribution in [2.45, 2.75) is 50.2 Å². The summed E-state index contributed by atoms with van der Waals surface area (Å²) in [5.41, 5.74) is 1.75. The number of hydrogen-bond donors (Lipinski definition) is 1. The van der Waals surface area contributed by atoms with Crippen LogP contribution in [0.25, 0.3) is 0 Å². The molecule has 0 aliphatic rings. The molecule has 45 heavy (non-hydrogen) atoms. The molecule has 0 heterocycles. The van der Waals surface area contributed by atoms with Gasteiger partial charge < -0.3 is 15.0 Å². The van der Waals surface area contributed by atoms with Crippen LogP contribution in [0.4, 0.5) is 5.69 Å². The Labute approximate surface area is 270 Å². The number of hydrogen-bond acceptors (Lipinski definition) is 5. The summed E-state index contributed by atoms with van der Waals surface area (Å²) < 4.78 is 34.5. The first-order chi connectivity index (χ1) is 21.6. The van der Waals surface area contributed by atoms with Crippen molar-refractivity contribution in [1.82, 2.24) is 10.2 Å². The fourth-order valence-electron chi connectivity index (χ4n) is 4.80. The van der Waals surface area contributed by atoms with E-state index in [1.54, 1.807) is 66.7 Å². The van der Waals surface area contributed by atoms with E-state index in [-0.39, 0.29) is 35.5 Å². The quantitative estimate of drug-likeness (QED) is 0.179. The van der Waals surface area contributed by atoms with Crippen LogP contribution in [-0.2, 0) is 32.6 Å². The summed E-state index contributed by atoms with van der Waals surface area (Å²) in [5.74, 6) is -0.367. The number of carbonyl (C=O) groups excluding carboxylic acids is 2. The predicted octanol–water partition coefficient (Wildman–Crippen LogP) is 6.10. The Morgan fingerprint density at radius 3 is 2.07 bits per heavy atom. The van der Waals surface area contributed by atoms with Crippen molar-refractivity contribution in [2.75, 3.05) is 18.0 Å². The molecule has 2 amide bonds. The number of halogens is 1. The molecule has 4 aromatic carbocycles. The highest BCUT2D eigenvalue weighted by molar-refractivity contribution is 7.92. The van der Waals surface area contributed by atoms with E-state index in [0.717, 1.165) is 9.87 Å². The van der Waals surface area contributed by atoms with Gasteiger partial charge >= 0.3 is 0 Å². The van der Waals surface area contributed by atoms with Crippen LogP contribution in [0.5, 0.6) is 5.75 Å². The van der Waals surface area contributed by atoms with Crippen molar-refractivity contribution in [1.29, 1.82) is 0 Å². The lowest BCUT2D eigenvalue weighted by Gasteiger charge is -2.34. The largest absolute Gasteiger partial charge is 0.497 e. The minimum absolute atomic E-state index is 0.00816. The summed E-state index contributed by atoms with van der Waals surface area (Å²) in [5, 5.41) is 3.46. The van der Waals surface area contributed by atoms with Crippen LogP contribution in [0.3, 0.4) is 0 Å². The topological polar surface area (TPSA) is 96.0 Å². The highest BCUT2D eigenvalue weighted by Crippen LogP contribution is 2.27. The Hall–Kier alpha value is -4.34. The molecule has 4 aromatic rings. The molecule has 4 rings (SSSR count). The number of methoxy groups -OCH3 is 1. The number of ether oxygens (including phenoxy) is 1. The zero-order chi connectivity index (χ0) is 32.4. The van der Waals surface area contributed by atoms with E-state index in [0.29, 0.717) is 22.8 Å². The monoisotopic (exact) mass is 647 g/mol. The maximum Gasteiger partial charge on any atom is 0.264 e. The lowest BCUT2D eigenvalue weighted by atomic mass is 10.0. The predicted molar refractivity (Wildman–Crippen MR) is 178 cm³/mol. The van der Waals surface area contributed by atoms with Crippen molar-refractivity contribution in [3.63, 3.8) is 0 Å². The number of benzene rings is 4. The van der Waals surface area contributed by atoms with Crippen molar-refractivity contribution in [2.24, 2.45) is 0 Å². The van der Waals surface area contributed by atoms with Crippen molar-refractivity contribution in [3.8, 4) is 5.75 Å². The fraction of sp³-hybridized carbons (Fsp3) is 0.257. The molecule has 0 radical (unpaired) electrons. The fourth-order valence-corrected chi connectivity index (χ4v) is 6.43. The maximum absolute atomic E-state index is 14.5. The summed E-state index contributed by atoms with van der Waals surface area (Å²) in [6, 6.07) is 29.8. The Morgan fingerprint density at radius 1 is 0.867 bits per heavy atom. The summed E-state index contributed by atoms with van der Waals surface area (Å²) in [6.07, 6.45) is 0.913. The van der Waals surface area contributed by atoms with Gasteiger partial charge in [0.1, 0.15) is 18.3 Å². The molecule has 0 saturated carbocycles. The van der Waals surface area contributed by atoms with E-state index in [4.69, 9.17) is 16.3 Å². The number of amides is 2. The number of anilines is 1.